The first-order valence-electron chi connectivity index (χ1n) is 19.8. The number of benzene rings is 4. The molecule has 57 heavy (non-hydrogen) atoms. The van der Waals surface area contributed by atoms with Crippen LogP contribution in [0.3, 0.4) is 0 Å². The molecule has 0 unspecified atom stereocenters. The lowest BCUT2D eigenvalue weighted by atomic mass is 9.98. The van der Waals surface area contributed by atoms with Crippen molar-refractivity contribution in [1.82, 2.24) is 20.2 Å². The molecule has 2 amide bonds. The van der Waals surface area contributed by atoms with E-state index in [0.29, 0.717) is 50.0 Å². The van der Waals surface area contributed by atoms with E-state index >= 15 is 0 Å². The van der Waals surface area contributed by atoms with Crippen LogP contribution in [0.5, 0.6) is 0 Å². The molecule has 5 aromatic rings. The largest absolute Gasteiger partial charge is 0.397 e. The lowest BCUT2D eigenvalue weighted by molar-refractivity contribution is -0.253. The van der Waals surface area contributed by atoms with Crippen molar-refractivity contribution in [2.24, 2.45) is 0 Å². The summed E-state index contributed by atoms with van der Waals surface area (Å²) >= 11 is 0. The van der Waals surface area contributed by atoms with Gasteiger partial charge in [-0.3, -0.25) is 14.5 Å². The van der Waals surface area contributed by atoms with Gasteiger partial charge in [0.15, 0.2) is 6.29 Å². The average molecular weight is 770 g/mol. The third-order valence-electron chi connectivity index (χ3n) is 10.5. The Balaban J connectivity index is 0.951. The van der Waals surface area contributed by atoms with Crippen molar-refractivity contribution in [2.45, 2.75) is 63.8 Å². The molecule has 3 atom stereocenters. The number of unbranched alkanes of at least 4 members (excludes halogenated alkanes) is 1. The number of piperazine rings is 1. The molecule has 0 spiro atoms. The SMILES string of the molecule is Nc1ccccc1NC(=O)CCCCC(=O)NCc1cccc(-c2cccc([C@@H]3O[C@H](CN4CCN(c5ncccn5)CC4)C[C@H](c4ccc(CO)cc4)O3)c2)c1. The number of nitrogens with zero attached hydrogens (tertiary/aromatic N) is 4. The number of anilines is 3. The molecule has 2 fully saturated rings. The monoisotopic (exact) mass is 769 g/mol. The molecule has 2 aliphatic rings. The number of hydrogen-bond acceptors (Lipinski definition) is 10. The summed E-state index contributed by atoms with van der Waals surface area (Å²) < 4.78 is 13.4. The number of nitrogens with one attached hydrogen (secondary N) is 2. The van der Waals surface area contributed by atoms with Crippen molar-refractivity contribution in [3.8, 4) is 11.1 Å². The molecule has 12 nitrogen and oxygen atoms in total. The highest BCUT2D eigenvalue weighted by atomic mass is 16.7. The average Bonchev–Trinajstić information content (AvgIpc) is 3.26. The standard InChI is InChI=1S/C45H51N7O5/c46-39-12-1-2-13-40(39)50-43(55)15-4-3-14-42(54)49-29-33-8-5-9-35(26-33)36-10-6-11-37(27-36)44-56-38(28-41(57-44)34-18-16-32(31-53)17-19-34)30-51-22-24-52(25-23-51)45-47-20-7-21-48-45/h1-2,5-13,16-21,26-27,38,41,44,53H,3-4,14-15,22-25,28-31,46H2,(H,49,54)(H,50,55)/t38-,41+,44+/m0/s1. The van der Waals surface area contributed by atoms with Gasteiger partial charge in [0, 0.05) is 76.5 Å². The second-order valence-electron chi connectivity index (χ2n) is 14.6. The Bertz CT molecular complexity index is 2070. The number of hydrogen-bond donors (Lipinski definition) is 4. The Morgan fingerprint density at radius 3 is 2.23 bits per heavy atom. The van der Waals surface area contributed by atoms with E-state index in [1.54, 1.807) is 24.5 Å². The van der Waals surface area contributed by atoms with Crippen molar-refractivity contribution in [2.75, 3.05) is 48.7 Å². The van der Waals surface area contributed by atoms with Crippen LogP contribution in [-0.4, -0.2) is 70.6 Å². The minimum absolute atomic E-state index is 0.00544. The maximum absolute atomic E-state index is 12.7. The topological polar surface area (TPSA) is 155 Å². The van der Waals surface area contributed by atoms with Crippen molar-refractivity contribution in [3.63, 3.8) is 0 Å². The van der Waals surface area contributed by atoms with Crippen molar-refractivity contribution < 1.29 is 24.2 Å². The molecule has 0 aliphatic carbocycles. The Morgan fingerprint density at radius 1 is 0.754 bits per heavy atom. The van der Waals surface area contributed by atoms with Crippen LogP contribution in [0, 0.1) is 0 Å². The number of aromatic nitrogens is 2. The fourth-order valence-electron chi connectivity index (χ4n) is 7.32. The van der Waals surface area contributed by atoms with E-state index in [2.05, 4.69) is 54.7 Å². The maximum Gasteiger partial charge on any atom is 0.225 e. The first-order chi connectivity index (χ1) is 27.9. The van der Waals surface area contributed by atoms with E-state index in [4.69, 9.17) is 15.2 Å². The molecule has 0 radical (unpaired) electrons. The van der Waals surface area contributed by atoms with Gasteiger partial charge in [-0.1, -0.05) is 72.8 Å². The quantitative estimate of drug-likeness (QED) is 0.0695. The van der Waals surface area contributed by atoms with Gasteiger partial charge in [0.05, 0.1) is 30.2 Å². The summed E-state index contributed by atoms with van der Waals surface area (Å²) in [5.41, 5.74) is 12.9. The first kappa shape index (κ1) is 39.6. The number of nitrogen functional groups attached to an aromatic ring is 1. The predicted molar refractivity (Wildman–Crippen MR) is 221 cm³/mol. The molecule has 4 aromatic carbocycles. The number of rotatable bonds is 15. The molecule has 0 saturated carbocycles. The van der Waals surface area contributed by atoms with Crippen LogP contribution in [0.2, 0.25) is 0 Å². The molecule has 296 valence electrons. The van der Waals surface area contributed by atoms with Crippen molar-refractivity contribution in [1.29, 1.82) is 0 Å². The summed E-state index contributed by atoms with van der Waals surface area (Å²) in [7, 11) is 0. The van der Waals surface area contributed by atoms with Gasteiger partial charge in [0.1, 0.15) is 0 Å². The maximum atomic E-state index is 12.7. The molecule has 3 heterocycles. The number of para-hydroxylation sites is 2. The van der Waals surface area contributed by atoms with Gasteiger partial charge in [0.2, 0.25) is 17.8 Å². The van der Waals surface area contributed by atoms with Crippen molar-refractivity contribution in [3.05, 3.63) is 138 Å². The van der Waals surface area contributed by atoms with Crippen LogP contribution in [0.4, 0.5) is 17.3 Å². The van der Waals surface area contributed by atoms with Crippen LogP contribution in [-0.2, 0) is 32.2 Å². The Hall–Kier alpha value is -5.66. The van der Waals surface area contributed by atoms with Gasteiger partial charge < -0.3 is 35.8 Å². The van der Waals surface area contributed by atoms with Crippen LogP contribution in [0.1, 0.15) is 66.8 Å². The molecule has 2 saturated heterocycles. The van der Waals surface area contributed by atoms with Crippen LogP contribution in [0.15, 0.2) is 116 Å². The normalized spacial score (nSPS) is 18.5. The lowest BCUT2D eigenvalue weighted by Crippen LogP contribution is -2.50. The van der Waals surface area contributed by atoms with E-state index in [1.807, 2.05) is 66.7 Å². The first-order valence-corrected chi connectivity index (χ1v) is 19.8. The molecular formula is C45H51N7O5. The number of nitrogens with two attached hydrogens (primary N) is 1. The fourth-order valence-corrected chi connectivity index (χ4v) is 7.32. The summed E-state index contributed by atoms with van der Waals surface area (Å²) in [5.74, 6) is 0.597. The van der Waals surface area contributed by atoms with Gasteiger partial charge in [-0.2, -0.15) is 0 Å². The van der Waals surface area contributed by atoms with Gasteiger partial charge in [-0.05, 0) is 71.0 Å². The summed E-state index contributed by atoms with van der Waals surface area (Å²) in [6, 6.07) is 33.4. The zero-order valence-corrected chi connectivity index (χ0v) is 32.1. The van der Waals surface area contributed by atoms with Gasteiger partial charge in [-0.15, -0.1) is 0 Å². The number of aliphatic hydroxyl groups excluding tert-OH is 1. The molecule has 0 bridgehead atoms. The Labute approximate surface area is 334 Å². The molecule has 5 N–H and O–H groups in total. The third kappa shape index (κ3) is 11.0. The third-order valence-corrected chi connectivity index (χ3v) is 10.5. The van der Waals surface area contributed by atoms with Crippen molar-refractivity contribution >= 4 is 29.1 Å². The zero-order chi connectivity index (χ0) is 39.4. The minimum Gasteiger partial charge on any atom is -0.397 e. The Morgan fingerprint density at radius 2 is 1.47 bits per heavy atom. The number of carbonyl (C=O) groups is 2. The van der Waals surface area contributed by atoms with Gasteiger partial charge in [-0.25, -0.2) is 9.97 Å². The summed E-state index contributed by atoms with van der Waals surface area (Å²) in [6.07, 6.45) is 5.34. The van der Waals surface area contributed by atoms with E-state index in [1.165, 1.54) is 0 Å². The van der Waals surface area contributed by atoms with Crippen LogP contribution >= 0.6 is 0 Å². The highest BCUT2D eigenvalue weighted by Crippen LogP contribution is 2.39. The van der Waals surface area contributed by atoms with Gasteiger partial charge in [0.25, 0.3) is 0 Å². The smallest absolute Gasteiger partial charge is 0.225 e. The van der Waals surface area contributed by atoms with E-state index in [9.17, 15) is 14.7 Å². The second kappa shape index (κ2) is 19.5. The summed E-state index contributed by atoms with van der Waals surface area (Å²) in [5, 5.41) is 15.5. The molecule has 1 aromatic heterocycles. The fraction of sp³-hybridized carbons (Fsp3) is 0.333. The van der Waals surface area contributed by atoms with E-state index in [-0.39, 0.29) is 30.6 Å². The molecule has 12 heteroatoms. The zero-order valence-electron chi connectivity index (χ0n) is 32.1. The van der Waals surface area contributed by atoms with Gasteiger partial charge >= 0.3 is 0 Å². The number of carbonyl (C=O) groups excluding carboxylic acids is 2. The summed E-state index contributed by atoms with van der Waals surface area (Å²) in [4.78, 5) is 38.5. The second-order valence-corrected chi connectivity index (χ2v) is 14.6. The highest BCUT2D eigenvalue weighted by molar-refractivity contribution is 5.93. The minimum atomic E-state index is -0.574. The highest BCUT2D eigenvalue weighted by Gasteiger charge is 2.34. The van der Waals surface area contributed by atoms with E-state index < -0.39 is 6.29 Å². The molecule has 7 rings (SSSR count). The number of aliphatic hydroxyl groups is 1. The Kier molecular flexibility index (Phi) is 13.5. The lowest BCUT2D eigenvalue weighted by Gasteiger charge is -2.40. The number of ether oxygens (including phenoxy) is 2. The van der Waals surface area contributed by atoms with Crippen LogP contribution in [0.25, 0.3) is 11.1 Å². The van der Waals surface area contributed by atoms with E-state index in [0.717, 1.165) is 72.1 Å². The molecular weight excluding hydrogens is 719 g/mol. The predicted octanol–water partition coefficient (Wildman–Crippen LogP) is 6.40. The van der Waals surface area contributed by atoms with Crippen LogP contribution < -0.4 is 21.3 Å². The molecule has 2 aliphatic heterocycles. The summed E-state index contributed by atoms with van der Waals surface area (Å²) in [6.45, 7) is 4.64. The number of amides is 2.